The molecule has 0 bridgehead atoms. The second-order valence-electron chi connectivity index (χ2n) is 6.38. The molecule has 0 saturated carbocycles. The van der Waals surface area contributed by atoms with Crippen LogP contribution in [-0.4, -0.2) is 25.7 Å². The number of rotatable bonds is 3. The molecule has 0 fully saturated rings. The average Bonchev–Trinajstić information content (AvgIpc) is 2.74. The lowest BCUT2D eigenvalue weighted by Gasteiger charge is -2.17. The summed E-state index contributed by atoms with van der Waals surface area (Å²) in [4.78, 5) is 16.9. The van der Waals surface area contributed by atoms with Crippen molar-refractivity contribution in [1.29, 1.82) is 0 Å². The minimum absolute atomic E-state index is 0.0115. The number of nitrogens with zero attached hydrogens (tertiary/aromatic N) is 2. The smallest absolute Gasteiger partial charge is 0.284 e. The molecule has 0 aliphatic heterocycles. The van der Waals surface area contributed by atoms with Crippen LogP contribution in [0.25, 0.3) is 0 Å². The number of sulfonamides is 1. The fourth-order valence-electron chi connectivity index (χ4n) is 2.63. The summed E-state index contributed by atoms with van der Waals surface area (Å²) in [6.07, 6.45) is 0. The Morgan fingerprint density at radius 3 is 1.90 bits per heavy atom. The van der Waals surface area contributed by atoms with Crippen molar-refractivity contribution in [1.82, 2.24) is 0 Å². The van der Waals surface area contributed by atoms with Crippen molar-refractivity contribution < 1.29 is 13.2 Å². The molecule has 9 heteroatoms. The molecule has 2 aromatic carbocycles. The maximum Gasteiger partial charge on any atom is 0.284 e. The summed E-state index contributed by atoms with van der Waals surface area (Å²) in [5, 5.41) is 0. The third-order valence-corrected chi connectivity index (χ3v) is 8.07. The van der Waals surface area contributed by atoms with Crippen molar-refractivity contribution in [3.63, 3.8) is 0 Å². The Bertz CT molecular complexity index is 1210. The van der Waals surface area contributed by atoms with Gasteiger partial charge in [0.15, 0.2) is 11.6 Å². The van der Waals surface area contributed by atoms with Gasteiger partial charge in [-0.2, -0.15) is 8.42 Å². The predicted molar refractivity (Wildman–Crippen MR) is 130 cm³/mol. The fraction of sp³-hybridized carbons (Fsp3) is 0.0952. The monoisotopic (exact) mass is 612 g/mol. The van der Waals surface area contributed by atoms with E-state index in [1.807, 2.05) is 6.07 Å². The van der Waals surface area contributed by atoms with Gasteiger partial charge in [0.25, 0.3) is 10.0 Å². The molecule has 0 saturated heterocycles. The number of hydrogen-bond acceptors (Lipinski definition) is 3. The van der Waals surface area contributed by atoms with Gasteiger partial charge in [-0.15, -0.1) is 4.40 Å². The van der Waals surface area contributed by atoms with Crippen molar-refractivity contribution >= 4 is 75.1 Å². The number of hydrogen-bond donors (Lipinski definition) is 0. The van der Waals surface area contributed by atoms with Gasteiger partial charge in [-0.05, 0) is 70.0 Å². The van der Waals surface area contributed by atoms with Gasteiger partial charge in [0, 0.05) is 21.2 Å². The van der Waals surface area contributed by atoms with Crippen molar-refractivity contribution in [3.05, 3.63) is 84.7 Å². The van der Waals surface area contributed by atoms with Gasteiger partial charge in [0.05, 0.1) is 19.6 Å². The highest BCUT2D eigenvalue weighted by molar-refractivity contribution is 9.13. The lowest BCUT2D eigenvalue weighted by atomic mass is 9.98. The zero-order chi connectivity index (χ0) is 22.1. The quantitative estimate of drug-likeness (QED) is 0.244. The summed E-state index contributed by atoms with van der Waals surface area (Å²) in [6, 6.07) is 15.0. The van der Waals surface area contributed by atoms with Crippen LogP contribution in [0.4, 0.5) is 0 Å². The maximum absolute atomic E-state index is 12.9. The van der Waals surface area contributed by atoms with Crippen LogP contribution in [0.2, 0.25) is 0 Å². The molecule has 0 spiro atoms. The summed E-state index contributed by atoms with van der Waals surface area (Å²) in [5.74, 6) is -0.106. The second-order valence-corrected chi connectivity index (χ2v) is 10.5. The molecule has 0 atom stereocenters. The summed E-state index contributed by atoms with van der Waals surface area (Å²) in [7, 11) is -4.02. The molecule has 0 heterocycles. The highest BCUT2D eigenvalue weighted by atomic mass is 79.9. The van der Waals surface area contributed by atoms with E-state index in [9.17, 15) is 13.2 Å². The number of benzene rings is 2. The zero-order valence-corrected chi connectivity index (χ0v) is 21.4. The standard InChI is InChI=1S/C21H15Br3N2O3S/c1-12-17(23)19(18(24)13(2)20(12)27)25-21(14-6-4-3-5-7-14)26-30(28,29)16-10-8-15(22)9-11-16/h3-11H,1-2H3/b26-21+. The number of Topliss-reactive ketones (excluding diaryl/α,β-unsaturated/α-hetero) is 1. The summed E-state index contributed by atoms with van der Waals surface area (Å²) >= 11 is 10.1. The Morgan fingerprint density at radius 1 is 0.833 bits per heavy atom. The minimum Gasteiger partial charge on any atom is -0.289 e. The fourth-order valence-corrected chi connectivity index (χ4v) is 5.06. The molecule has 0 N–H and O–H groups in total. The van der Waals surface area contributed by atoms with Gasteiger partial charge in [-0.3, -0.25) is 4.79 Å². The molecule has 1 aliphatic rings. The third kappa shape index (κ3) is 4.80. The Kier molecular flexibility index (Phi) is 7.06. The number of aliphatic imine (C=N–C) groups is 1. The van der Waals surface area contributed by atoms with Crippen molar-refractivity contribution in [2.24, 2.45) is 9.39 Å². The van der Waals surface area contributed by atoms with Gasteiger partial charge in [0.1, 0.15) is 0 Å². The van der Waals surface area contributed by atoms with Crippen molar-refractivity contribution in [3.8, 4) is 0 Å². The highest BCUT2D eigenvalue weighted by Crippen LogP contribution is 2.32. The molecule has 2 aromatic rings. The Hall–Kier alpha value is -1.68. The number of carbonyl (C=O) groups excluding carboxylic acids is 1. The molecule has 30 heavy (non-hydrogen) atoms. The average molecular weight is 615 g/mol. The van der Waals surface area contributed by atoms with Crippen LogP contribution in [0.5, 0.6) is 0 Å². The van der Waals surface area contributed by atoms with Crippen LogP contribution in [0.1, 0.15) is 19.4 Å². The maximum atomic E-state index is 12.9. The normalized spacial score (nSPS) is 15.7. The molecule has 154 valence electrons. The van der Waals surface area contributed by atoms with Gasteiger partial charge in [0.2, 0.25) is 0 Å². The van der Waals surface area contributed by atoms with E-state index in [-0.39, 0.29) is 16.5 Å². The van der Waals surface area contributed by atoms with E-state index in [4.69, 9.17) is 0 Å². The first-order valence-corrected chi connectivity index (χ1v) is 12.5. The van der Waals surface area contributed by atoms with Crippen LogP contribution in [0.15, 0.2) is 93.5 Å². The number of ketones is 1. The minimum atomic E-state index is -4.02. The summed E-state index contributed by atoms with van der Waals surface area (Å²) in [5.41, 5.74) is 1.90. The van der Waals surface area contributed by atoms with E-state index in [2.05, 4.69) is 57.2 Å². The van der Waals surface area contributed by atoms with E-state index in [0.29, 0.717) is 31.4 Å². The summed E-state index contributed by atoms with van der Waals surface area (Å²) < 4.78 is 31.6. The summed E-state index contributed by atoms with van der Waals surface area (Å²) in [6.45, 7) is 3.37. The van der Waals surface area contributed by atoms with Gasteiger partial charge >= 0.3 is 0 Å². The van der Waals surface area contributed by atoms with E-state index in [0.717, 1.165) is 4.47 Å². The molecule has 3 rings (SSSR count). The van der Waals surface area contributed by atoms with E-state index in [1.54, 1.807) is 50.2 Å². The number of allylic oxidation sites excluding steroid dienone is 4. The Labute approximate surface area is 200 Å². The Balaban J connectivity index is 2.23. The van der Waals surface area contributed by atoms with Gasteiger partial charge < -0.3 is 0 Å². The van der Waals surface area contributed by atoms with Gasteiger partial charge in [-0.1, -0.05) is 46.3 Å². The SMILES string of the molecule is CC1=C(Br)C(=N/C(=N/S(=O)(=O)c2ccc(Br)cc2)c2ccccc2)C(Br)=C(C)C1=O. The molecule has 0 unspecified atom stereocenters. The molecule has 0 radical (unpaired) electrons. The van der Waals surface area contributed by atoms with Crippen LogP contribution in [0.3, 0.4) is 0 Å². The van der Waals surface area contributed by atoms with E-state index in [1.165, 1.54) is 12.1 Å². The number of amidine groups is 1. The first-order chi connectivity index (χ1) is 14.1. The first-order valence-electron chi connectivity index (χ1n) is 8.64. The first kappa shape index (κ1) is 23.0. The third-order valence-electron chi connectivity index (χ3n) is 4.32. The topological polar surface area (TPSA) is 75.9 Å². The largest absolute Gasteiger partial charge is 0.289 e. The number of carbonyl (C=O) groups is 1. The molecular weight excluding hydrogens is 600 g/mol. The molecule has 5 nitrogen and oxygen atoms in total. The van der Waals surface area contributed by atoms with Crippen molar-refractivity contribution in [2.75, 3.05) is 0 Å². The van der Waals surface area contributed by atoms with E-state index >= 15 is 0 Å². The second kappa shape index (κ2) is 9.21. The molecule has 0 amide bonds. The molecular formula is C21H15Br3N2O3S. The number of halogens is 3. The Morgan fingerprint density at radius 2 is 1.37 bits per heavy atom. The van der Waals surface area contributed by atoms with E-state index < -0.39 is 10.0 Å². The molecule has 1 aliphatic carbocycles. The van der Waals surface area contributed by atoms with Crippen LogP contribution in [0, 0.1) is 0 Å². The molecule has 0 aromatic heterocycles. The lowest BCUT2D eigenvalue weighted by Crippen LogP contribution is -2.19. The van der Waals surface area contributed by atoms with Gasteiger partial charge in [-0.25, -0.2) is 4.99 Å². The van der Waals surface area contributed by atoms with Crippen molar-refractivity contribution in [2.45, 2.75) is 18.7 Å². The van der Waals surface area contributed by atoms with Crippen LogP contribution in [-0.2, 0) is 14.8 Å². The highest BCUT2D eigenvalue weighted by Gasteiger charge is 2.27. The van der Waals surface area contributed by atoms with Crippen LogP contribution < -0.4 is 0 Å². The predicted octanol–water partition coefficient (Wildman–Crippen LogP) is 5.95. The van der Waals surface area contributed by atoms with Crippen LogP contribution >= 0.6 is 47.8 Å². The lowest BCUT2D eigenvalue weighted by molar-refractivity contribution is -0.112. The zero-order valence-electron chi connectivity index (χ0n) is 15.9.